The van der Waals surface area contributed by atoms with Gasteiger partial charge in [-0.25, -0.2) is 0 Å². The van der Waals surface area contributed by atoms with Crippen molar-refractivity contribution in [3.05, 3.63) is 101 Å². The molecule has 4 aromatic rings. The van der Waals surface area contributed by atoms with Crippen molar-refractivity contribution in [3.63, 3.8) is 0 Å². The fraction of sp³-hybridized carbons (Fsp3) is 0.314. The van der Waals surface area contributed by atoms with Crippen molar-refractivity contribution in [2.45, 2.75) is 44.5 Å². The molecule has 0 aliphatic carbocycles. The van der Waals surface area contributed by atoms with Gasteiger partial charge in [0.1, 0.15) is 24.1 Å². The summed E-state index contributed by atoms with van der Waals surface area (Å²) in [5, 5.41) is 6.54. The molecule has 232 valence electrons. The van der Waals surface area contributed by atoms with Crippen LogP contribution in [0.2, 0.25) is 0 Å². The van der Waals surface area contributed by atoms with Crippen molar-refractivity contribution in [2.24, 2.45) is 5.92 Å². The van der Waals surface area contributed by atoms with E-state index in [9.17, 15) is 19.2 Å². The quantitative estimate of drug-likeness (QED) is 0.236. The van der Waals surface area contributed by atoms with Crippen LogP contribution in [-0.4, -0.2) is 59.7 Å². The summed E-state index contributed by atoms with van der Waals surface area (Å²) in [6, 6.07) is 22.2. The zero-order chi connectivity index (χ0) is 31.3. The van der Waals surface area contributed by atoms with Crippen LogP contribution in [0.1, 0.15) is 52.5 Å². The molecular formula is C35H36N4O6. The molecule has 1 unspecified atom stereocenters. The van der Waals surface area contributed by atoms with E-state index in [0.29, 0.717) is 30.0 Å². The number of ketones is 1. The first-order chi connectivity index (χ1) is 21.9. The van der Waals surface area contributed by atoms with Crippen LogP contribution in [0.25, 0.3) is 10.9 Å². The third-order valence-corrected chi connectivity index (χ3v) is 8.57. The zero-order valence-electron chi connectivity index (χ0n) is 25.1. The molecule has 0 radical (unpaired) electrons. The average molecular weight is 609 g/mol. The fourth-order valence-electron chi connectivity index (χ4n) is 6.25. The molecule has 2 aliphatic heterocycles. The topological polar surface area (TPSA) is 130 Å². The Balaban J connectivity index is 1.24. The molecule has 3 aromatic carbocycles. The van der Waals surface area contributed by atoms with E-state index < -0.39 is 23.9 Å². The Morgan fingerprint density at radius 1 is 1.02 bits per heavy atom. The molecule has 10 nitrogen and oxygen atoms in total. The molecule has 0 spiro atoms. The number of amides is 3. The van der Waals surface area contributed by atoms with Crippen molar-refractivity contribution < 1.29 is 28.7 Å². The summed E-state index contributed by atoms with van der Waals surface area (Å²) in [7, 11) is 1.57. The van der Waals surface area contributed by atoms with Crippen molar-refractivity contribution in [1.29, 1.82) is 0 Å². The predicted molar refractivity (Wildman–Crippen MR) is 167 cm³/mol. The number of methoxy groups -OCH3 is 1. The number of benzene rings is 3. The van der Waals surface area contributed by atoms with Gasteiger partial charge in [0.2, 0.25) is 11.8 Å². The summed E-state index contributed by atoms with van der Waals surface area (Å²) >= 11 is 0. The van der Waals surface area contributed by atoms with Crippen LogP contribution in [0.3, 0.4) is 0 Å². The molecule has 3 amide bonds. The maximum absolute atomic E-state index is 14.1. The first kappa shape index (κ1) is 30.1. The summed E-state index contributed by atoms with van der Waals surface area (Å²) in [6.45, 7) is 0.833. The van der Waals surface area contributed by atoms with E-state index in [0.717, 1.165) is 28.5 Å². The van der Waals surface area contributed by atoms with E-state index >= 15 is 0 Å². The van der Waals surface area contributed by atoms with Gasteiger partial charge in [-0.05, 0) is 54.2 Å². The number of nitrogens with zero attached hydrogens (tertiary/aromatic N) is 1. The summed E-state index contributed by atoms with van der Waals surface area (Å²) in [5.74, 6) is -1.09. The first-order valence-corrected chi connectivity index (χ1v) is 15.2. The number of aromatic nitrogens is 1. The zero-order valence-corrected chi connectivity index (χ0v) is 25.1. The fourth-order valence-corrected chi connectivity index (χ4v) is 6.25. The number of rotatable bonds is 11. The lowest BCUT2D eigenvalue weighted by Crippen LogP contribution is -2.50. The highest BCUT2D eigenvalue weighted by Gasteiger charge is 2.41. The number of ether oxygens (including phenoxy) is 2. The number of nitrogens with one attached hydrogen (secondary N) is 3. The smallest absolute Gasteiger partial charge is 0.271 e. The second-order valence-corrected chi connectivity index (χ2v) is 11.5. The van der Waals surface area contributed by atoms with Crippen LogP contribution < -0.4 is 15.4 Å². The van der Waals surface area contributed by atoms with Crippen molar-refractivity contribution in [1.82, 2.24) is 20.5 Å². The summed E-state index contributed by atoms with van der Waals surface area (Å²) in [4.78, 5) is 59.0. The number of hydrogen-bond acceptors (Lipinski definition) is 6. The molecule has 45 heavy (non-hydrogen) atoms. The highest BCUT2D eigenvalue weighted by atomic mass is 16.5. The number of hydrogen-bond donors (Lipinski definition) is 3. The maximum atomic E-state index is 14.1. The molecule has 1 aromatic heterocycles. The van der Waals surface area contributed by atoms with Gasteiger partial charge in [0.05, 0.1) is 19.8 Å². The molecular weight excluding hydrogens is 572 g/mol. The molecule has 1 saturated heterocycles. The number of fused-ring (bicyclic) bond motifs is 2. The number of aromatic amines is 1. The molecule has 0 bridgehead atoms. The Morgan fingerprint density at radius 2 is 1.82 bits per heavy atom. The SMILES string of the molecule is COc1cccc2[nH]c(C(=O)N3Cc4ccccc4C3C(=O)N[C@@H](C[C@@H]3CCCNC3=O)C(=O)COCc3ccccc3)cc12. The maximum Gasteiger partial charge on any atom is 0.271 e. The van der Waals surface area contributed by atoms with Gasteiger partial charge in [0.25, 0.3) is 5.91 Å². The van der Waals surface area contributed by atoms with Crippen LogP contribution in [-0.2, 0) is 32.3 Å². The monoisotopic (exact) mass is 608 g/mol. The van der Waals surface area contributed by atoms with Gasteiger partial charge in [-0.2, -0.15) is 0 Å². The van der Waals surface area contributed by atoms with E-state index in [1.54, 1.807) is 13.2 Å². The van der Waals surface area contributed by atoms with Gasteiger partial charge in [0, 0.05) is 29.9 Å². The van der Waals surface area contributed by atoms with Gasteiger partial charge in [-0.15, -0.1) is 0 Å². The molecule has 1 fully saturated rings. The van der Waals surface area contributed by atoms with E-state index in [1.807, 2.05) is 72.8 Å². The van der Waals surface area contributed by atoms with Crippen molar-refractivity contribution in [3.8, 4) is 5.75 Å². The van der Waals surface area contributed by atoms with Crippen LogP contribution in [0.15, 0.2) is 78.9 Å². The molecule has 6 rings (SSSR count). The third-order valence-electron chi connectivity index (χ3n) is 8.57. The highest BCUT2D eigenvalue weighted by molar-refractivity contribution is 6.03. The summed E-state index contributed by atoms with van der Waals surface area (Å²) < 4.78 is 11.2. The second kappa shape index (κ2) is 13.4. The Bertz CT molecular complexity index is 1720. The lowest BCUT2D eigenvalue weighted by molar-refractivity contribution is -0.134. The molecule has 3 heterocycles. The van der Waals surface area contributed by atoms with Gasteiger partial charge in [-0.1, -0.05) is 60.7 Å². The molecule has 2 aliphatic rings. The Morgan fingerprint density at radius 3 is 2.62 bits per heavy atom. The van der Waals surface area contributed by atoms with Gasteiger partial charge < -0.3 is 30.0 Å². The molecule has 3 atom stereocenters. The average Bonchev–Trinajstić information content (AvgIpc) is 3.68. The molecule has 10 heteroatoms. The van der Waals surface area contributed by atoms with Crippen molar-refractivity contribution in [2.75, 3.05) is 20.3 Å². The third kappa shape index (κ3) is 6.46. The lowest BCUT2D eigenvalue weighted by atomic mass is 9.90. The second-order valence-electron chi connectivity index (χ2n) is 11.5. The number of H-pyrrole nitrogens is 1. The predicted octanol–water partition coefficient (Wildman–Crippen LogP) is 4.06. The molecule has 0 saturated carbocycles. The number of Topliss-reactive ketones (excluding diaryl/α,β-unsaturated/α-hetero) is 1. The van der Waals surface area contributed by atoms with Gasteiger partial charge >= 0.3 is 0 Å². The van der Waals surface area contributed by atoms with Crippen LogP contribution in [0.4, 0.5) is 0 Å². The largest absolute Gasteiger partial charge is 0.496 e. The van der Waals surface area contributed by atoms with Gasteiger partial charge in [0.15, 0.2) is 5.78 Å². The van der Waals surface area contributed by atoms with E-state index in [2.05, 4.69) is 15.6 Å². The standard InChI is InChI=1S/C35H36N4O6/c1-44-31-15-7-14-27-26(31)18-29(37-27)35(43)39-19-24-11-5-6-13-25(24)32(39)34(42)38-28(17-23-12-8-16-36-33(23)41)30(40)21-45-20-22-9-3-2-4-10-22/h2-7,9-11,13-15,18,23,28,32,37H,8,12,16-17,19-21H2,1H3,(H,36,41)(H,38,42)/t23-,28-,32?/m0/s1. The number of carbonyl (C=O) groups excluding carboxylic acids is 4. The highest BCUT2D eigenvalue weighted by Crippen LogP contribution is 2.36. The normalized spacial score (nSPS) is 18.2. The first-order valence-electron chi connectivity index (χ1n) is 15.2. The van der Waals surface area contributed by atoms with E-state index in [4.69, 9.17) is 9.47 Å². The lowest BCUT2D eigenvalue weighted by Gasteiger charge is -2.29. The Hall–Kier alpha value is -4.96. The van der Waals surface area contributed by atoms with Crippen LogP contribution >= 0.6 is 0 Å². The number of piperidine rings is 1. The van der Waals surface area contributed by atoms with Crippen molar-refractivity contribution >= 4 is 34.4 Å². The number of carbonyl (C=O) groups is 4. The molecule has 3 N–H and O–H groups in total. The minimum atomic E-state index is -0.970. The van der Waals surface area contributed by atoms with Crippen LogP contribution in [0, 0.1) is 5.92 Å². The van der Waals surface area contributed by atoms with E-state index in [-0.39, 0.29) is 43.8 Å². The summed E-state index contributed by atoms with van der Waals surface area (Å²) in [6.07, 6.45) is 1.57. The van der Waals surface area contributed by atoms with E-state index in [1.165, 1.54) is 4.90 Å². The summed E-state index contributed by atoms with van der Waals surface area (Å²) in [5.41, 5.74) is 3.52. The van der Waals surface area contributed by atoms with Gasteiger partial charge in [-0.3, -0.25) is 19.2 Å². The Labute approximate surface area is 261 Å². The minimum absolute atomic E-state index is 0.129. The minimum Gasteiger partial charge on any atom is -0.496 e. The van der Waals surface area contributed by atoms with Crippen LogP contribution in [0.5, 0.6) is 5.75 Å². The Kier molecular flexibility index (Phi) is 8.93.